The van der Waals surface area contributed by atoms with Gasteiger partial charge in [-0.05, 0) is 23.1 Å². The number of rotatable bonds is 7. The molecule has 0 spiro atoms. The first-order valence-corrected chi connectivity index (χ1v) is 11.4. The van der Waals surface area contributed by atoms with Crippen LogP contribution in [0.3, 0.4) is 0 Å². The lowest BCUT2D eigenvalue weighted by atomic mass is 10.1. The molecule has 0 radical (unpaired) electrons. The van der Waals surface area contributed by atoms with E-state index in [0.717, 1.165) is 28.6 Å². The minimum absolute atomic E-state index is 0.0228. The Hall–Kier alpha value is -2.60. The maximum atomic E-state index is 12.8. The van der Waals surface area contributed by atoms with Crippen molar-refractivity contribution in [1.82, 2.24) is 9.88 Å². The lowest BCUT2D eigenvalue weighted by Crippen LogP contribution is -2.22. The largest absolute Gasteiger partial charge is 0.348 e. The smallest absolute Gasteiger partial charge is 0.253 e. The molecule has 6 heteroatoms. The average Bonchev–Trinajstić information content (AvgIpc) is 2.98. The van der Waals surface area contributed by atoms with Crippen molar-refractivity contribution in [3.8, 4) is 0 Å². The summed E-state index contributed by atoms with van der Waals surface area (Å²) in [5.74, 6) is 0.394. The minimum atomic E-state index is -3.05. The number of fused-ring (bicyclic) bond motifs is 1. The van der Waals surface area contributed by atoms with Gasteiger partial charge < -0.3 is 9.88 Å². The van der Waals surface area contributed by atoms with Gasteiger partial charge in [0.1, 0.15) is 0 Å². The summed E-state index contributed by atoms with van der Waals surface area (Å²) >= 11 is 0. The number of carbonyl (C=O) groups excluding carboxylic acids is 1. The summed E-state index contributed by atoms with van der Waals surface area (Å²) in [4.78, 5) is 12.8. The minimum Gasteiger partial charge on any atom is -0.348 e. The van der Waals surface area contributed by atoms with Crippen molar-refractivity contribution in [3.63, 3.8) is 0 Å². The summed E-state index contributed by atoms with van der Waals surface area (Å²) in [6, 6.07) is 15.2. The van der Waals surface area contributed by atoms with E-state index in [1.807, 2.05) is 42.6 Å². The third-order valence-electron chi connectivity index (χ3n) is 4.50. The highest BCUT2D eigenvalue weighted by Gasteiger charge is 2.15. The van der Waals surface area contributed by atoms with Crippen LogP contribution in [0.1, 0.15) is 35.3 Å². The van der Waals surface area contributed by atoms with Crippen LogP contribution in [0.25, 0.3) is 10.9 Å². The lowest BCUT2D eigenvalue weighted by Gasteiger charge is -2.07. The van der Waals surface area contributed by atoms with Crippen LogP contribution in [0, 0.1) is 5.92 Å². The highest BCUT2D eigenvalue weighted by molar-refractivity contribution is 7.89. The molecular weight excluding hydrogens is 372 g/mol. The van der Waals surface area contributed by atoms with Gasteiger partial charge in [-0.3, -0.25) is 4.79 Å². The van der Waals surface area contributed by atoms with Crippen molar-refractivity contribution < 1.29 is 13.2 Å². The van der Waals surface area contributed by atoms with E-state index in [1.165, 1.54) is 6.26 Å². The first kappa shape index (κ1) is 20.1. The van der Waals surface area contributed by atoms with Crippen LogP contribution in [-0.2, 0) is 28.7 Å². The molecule has 1 heterocycles. The topological polar surface area (TPSA) is 68.2 Å². The lowest BCUT2D eigenvalue weighted by molar-refractivity contribution is 0.0952. The second-order valence-corrected chi connectivity index (χ2v) is 9.82. The van der Waals surface area contributed by atoms with Crippen molar-refractivity contribution in [2.45, 2.75) is 32.7 Å². The predicted octanol–water partition coefficient (Wildman–Crippen LogP) is 3.77. The zero-order valence-corrected chi connectivity index (χ0v) is 17.3. The van der Waals surface area contributed by atoms with Crippen molar-refractivity contribution in [2.24, 2.45) is 5.92 Å². The quantitative estimate of drug-likeness (QED) is 0.659. The number of nitrogens with one attached hydrogen (secondary N) is 1. The van der Waals surface area contributed by atoms with Crippen molar-refractivity contribution >= 4 is 26.6 Å². The molecule has 0 saturated carbocycles. The van der Waals surface area contributed by atoms with Gasteiger partial charge in [-0.2, -0.15) is 0 Å². The molecule has 0 saturated heterocycles. The molecule has 0 bridgehead atoms. The number of hydrogen-bond acceptors (Lipinski definition) is 3. The monoisotopic (exact) mass is 398 g/mol. The average molecular weight is 399 g/mol. The predicted molar refractivity (Wildman–Crippen MR) is 113 cm³/mol. The van der Waals surface area contributed by atoms with Crippen LogP contribution in [0.15, 0.2) is 54.7 Å². The highest BCUT2D eigenvalue weighted by Crippen LogP contribution is 2.22. The van der Waals surface area contributed by atoms with Crippen molar-refractivity contribution in [3.05, 3.63) is 71.4 Å². The molecule has 148 valence electrons. The summed E-state index contributed by atoms with van der Waals surface area (Å²) in [5, 5.41) is 3.92. The molecule has 0 aliphatic carbocycles. The molecule has 3 aromatic rings. The first-order valence-electron chi connectivity index (χ1n) is 9.34. The van der Waals surface area contributed by atoms with Gasteiger partial charge in [0, 0.05) is 36.4 Å². The van der Waals surface area contributed by atoms with Gasteiger partial charge in [0.2, 0.25) is 0 Å². The van der Waals surface area contributed by atoms with E-state index < -0.39 is 9.84 Å². The second kappa shape index (κ2) is 8.19. The molecule has 0 aliphatic heterocycles. The van der Waals surface area contributed by atoms with E-state index in [4.69, 9.17) is 0 Å². The van der Waals surface area contributed by atoms with E-state index in [0.29, 0.717) is 18.0 Å². The van der Waals surface area contributed by atoms with Crippen molar-refractivity contribution in [1.29, 1.82) is 0 Å². The summed E-state index contributed by atoms with van der Waals surface area (Å²) in [7, 11) is -3.05. The van der Waals surface area contributed by atoms with Gasteiger partial charge in [-0.1, -0.05) is 56.3 Å². The maximum absolute atomic E-state index is 12.8. The molecule has 28 heavy (non-hydrogen) atoms. The number of para-hydroxylation sites is 1. The van der Waals surface area contributed by atoms with Gasteiger partial charge in [0.05, 0.1) is 11.3 Å². The summed E-state index contributed by atoms with van der Waals surface area (Å²) in [6.45, 7) is 5.56. The van der Waals surface area contributed by atoms with Crippen LogP contribution >= 0.6 is 0 Å². The van der Waals surface area contributed by atoms with Crippen LogP contribution in [-0.4, -0.2) is 25.1 Å². The number of benzene rings is 2. The molecule has 5 nitrogen and oxygen atoms in total. The number of amides is 1. The summed E-state index contributed by atoms with van der Waals surface area (Å²) < 4.78 is 24.9. The van der Waals surface area contributed by atoms with Gasteiger partial charge in [-0.15, -0.1) is 0 Å². The van der Waals surface area contributed by atoms with Crippen LogP contribution < -0.4 is 5.32 Å². The number of aromatic nitrogens is 1. The van der Waals surface area contributed by atoms with E-state index >= 15 is 0 Å². The SMILES string of the molecule is CC(C)Cn1cc(C(=O)NCc2ccc(CS(C)(=O)=O)cc2)c2ccccc21. The molecule has 1 aromatic heterocycles. The fourth-order valence-electron chi connectivity index (χ4n) is 3.31. The summed E-state index contributed by atoms with van der Waals surface area (Å²) in [5.41, 5.74) is 3.40. The Morgan fingerprint density at radius 2 is 1.68 bits per heavy atom. The fraction of sp³-hybridized carbons (Fsp3) is 0.318. The zero-order chi connectivity index (χ0) is 20.3. The number of nitrogens with zero attached hydrogens (tertiary/aromatic N) is 1. The van der Waals surface area contributed by atoms with E-state index in [9.17, 15) is 13.2 Å². The number of sulfone groups is 1. The first-order chi connectivity index (χ1) is 13.2. The summed E-state index contributed by atoms with van der Waals surface area (Å²) in [6.07, 6.45) is 3.14. The van der Waals surface area contributed by atoms with Crippen molar-refractivity contribution in [2.75, 3.05) is 6.26 Å². The third-order valence-corrected chi connectivity index (χ3v) is 5.36. The van der Waals surface area contributed by atoms with E-state index in [1.54, 1.807) is 12.1 Å². The third kappa shape index (κ3) is 5.01. The molecule has 1 amide bonds. The van der Waals surface area contributed by atoms with Gasteiger partial charge >= 0.3 is 0 Å². The highest BCUT2D eigenvalue weighted by atomic mass is 32.2. The molecule has 0 unspecified atom stereocenters. The molecular formula is C22H26N2O3S. The molecule has 0 fully saturated rings. The molecule has 2 aromatic carbocycles. The van der Waals surface area contributed by atoms with E-state index in [-0.39, 0.29) is 11.7 Å². The Morgan fingerprint density at radius 3 is 2.32 bits per heavy atom. The fourth-order valence-corrected chi connectivity index (χ4v) is 4.10. The Labute approximate surface area is 166 Å². The van der Waals surface area contributed by atoms with Crippen LogP contribution in [0.4, 0.5) is 0 Å². The van der Waals surface area contributed by atoms with Gasteiger partial charge in [-0.25, -0.2) is 8.42 Å². The Bertz CT molecular complexity index is 1080. The normalized spacial score (nSPS) is 11.9. The molecule has 0 aliphatic rings. The van der Waals surface area contributed by atoms with Crippen LogP contribution in [0.2, 0.25) is 0 Å². The Morgan fingerprint density at radius 1 is 1.04 bits per heavy atom. The maximum Gasteiger partial charge on any atom is 0.253 e. The molecule has 3 rings (SSSR count). The van der Waals surface area contributed by atoms with E-state index in [2.05, 4.69) is 23.7 Å². The Kier molecular flexibility index (Phi) is 5.89. The van der Waals surface area contributed by atoms with Gasteiger partial charge in [0.25, 0.3) is 5.91 Å². The number of hydrogen-bond donors (Lipinski definition) is 1. The standard InChI is InChI=1S/C22H26N2O3S/c1-16(2)13-24-14-20(19-6-4-5-7-21(19)24)22(25)23-12-17-8-10-18(11-9-17)15-28(3,26)27/h4-11,14,16H,12-13,15H2,1-3H3,(H,23,25). The second-order valence-electron chi connectivity index (χ2n) is 7.68. The number of carbonyl (C=O) groups is 1. The Balaban J connectivity index is 1.73. The van der Waals surface area contributed by atoms with Gasteiger partial charge in [0.15, 0.2) is 9.84 Å². The van der Waals surface area contributed by atoms with Crippen LogP contribution in [0.5, 0.6) is 0 Å². The molecule has 0 atom stereocenters. The zero-order valence-electron chi connectivity index (χ0n) is 16.5. The molecule has 1 N–H and O–H groups in total.